The van der Waals surface area contributed by atoms with Crippen LogP contribution in [0.2, 0.25) is 0 Å². The van der Waals surface area contributed by atoms with Gasteiger partial charge in [-0.05, 0) is 24.3 Å². The van der Waals surface area contributed by atoms with E-state index >= 15 is 0 Å². The molecule has 2 aromatic carbocycles. The van der Waals surface area contributed by atoms with Crippen molar-refractivity contribution < 1.29 is 9.85 Å². The normalized spacial score (nSPS) is 10.5. The third-order valence-electron chi connectivity index (χ3n) is 3.73. The first-order valence-corrected chi connectivity index (χ1v) is 7.81. The van der Waals surface area contributed by atoms with Crippen LogP contribution in [0.4, 0.5) is 22.9 Å². The number of hydrogen-bond acceptors (Lipinski definition) is 7. The number of hydrogen-bond donors (Lipinski definition) is 2. The summed E-state index contributed by atoms with van der Waals surface area (Å²) in [5, 5.41) is 28.9. The van der Waals surface area contributed by atoms with E-state index in [9.17, 15) is 20.2 Å². The van der Waals surface area contributed by atoms with Crippen molar-refractivity contribution in [1.82, 2.24) is 4.98 Å². The molecule has 0 atom stereocenters. The molecule has 3 aromatic rings. The molecule has 0 unspecified atom stereocenters. The number of para-hydroxylation sites is 1. The lowest BCUT2D eigenvalue weighted by atomic mass is 10.2. The fraction of sp³-hybridized carbons (Fsp3) is 0.118. The first-order chi connectivity index (χ1) is 12.5. The Morgan fingerprint density at radius 2 is 1.65 bits per heavy atom. The van der Waals surface area contributed by atoms with E-state index in [0.29, 0.717) is 18.9 Å². The van der Waals surface area contributed by atoms with Crippen LogP contribution in [-0.2, 0) is 0 Å². The molecule has 9 nitrogen and oxygen atoms in total. The Kier molecular flexibility index (Phi) is 4.88. The molecule has 0 saturated carbocycles. The molecule has 0 spiro atoms. The van der Waals surface area contributed by atoms with Crippen LogP contribution in [0.15, 0.2) is 54.6 Å². The first-order valence-electron chi connectivity index (χ1n) is 7.81. The van der Waals surface area contributed by atoms with Gasteiger partial charge in [-0.3, -0.25) is 20.2 Å². The molecule has 1 aromatic heterocycles. The van der Waals surface area contributed by atoms with Gasteiger partial charge in [0.15, 0.2) is 0 Å². The highest BCUT2D eigenvalue weighted by Crippen LogP contribution is 2.28. The lowest BCUT2D eigenvalue weighted by Gasteiger charge is -2.09. The summed E-state index contributed by atoms with van der Waals surface area (Å²) >= 11 is 0. The minimum atomic E-state index is -0.663. The molecule has 1 heterocycles. The highest BCUT2D eigenvalue weighted by atomic mass is 16.6. The molecule has 0 aliphatic carbocycles. The molecule has 0 fully saturated rings. The van der Waals surface area contributed by atoms with E-state index in [1.165, 1.54) is 12.1 Å². The topological polar surface area (TPSA) is 123 Å². The zero-order valence-corrected chi connectivity index (χ0v) is 13.6. The smallest absolute Gasteiger partial charge is 0.299 e. The number of anilines is 2. The second kappa shape index (κ2) is 7.43. The molecule has 3 rings (SSSR count). The number of non-ortho nitro benzene ring substituents is 1. The van der Waals surface area contributed by atoms with Gasteiger partial charge in [0.1, 0.15) is 11.5 Å². The largest absolute Gasteiger partial charge is 0.378 e. The predicted molar refractivity (Wildman–Crippen MR) is 98.5 cm³/mol. The fourth-order valence-electron chi connectivity index (χ4n) is 2.49. The number of rotatable bonds is 7. The number of fused-ring (bicyclic) bond motifs is 1. The first kappa shape index (κ1) is 17.1. The van der Waals surface area contributed by atoms with Crippen LogP contribution in [-0.4, -0.2) is 27.9 Å². The highest BCUT2D eigenvalue weighted by molar-refractivity contribution is 5.80. The molecule has 0 bridgehead atoms. The van der Waals surface area contributed by atoms with Crippen LogP contribution in [0.1, 0.15) is 0 Å². The molecule has 0 radical (unpaired) electrons. The van der Waals surface area contributed by atoms with Gasteiger partial charge in [-0.2, -0.15) is 0 Å². The summed E-state index contributed by atoms with van der Waals surface area (Å²) in [6, 6.07) is 15.1. The number of aromatic nitrogens is 1. The Morgan fingerprint density at radius 1 is 0.885 bits per heavy atom. The maximum absolute atomic E-state index is 11.1. The molecule has 26 heavy (non-hydrogen) atoms. The zero-order chi connectivity index (χ0) is 18.5. The van der Waals surface area contributed by atoms with E-state index in [2.05, 4.69) is 15.6 Å². The molecule has 0 aliphatic rings. The van der Waals surface area contributed by atoms with Crippen molar-refractivity contribution in [2.75, 3.05) is 23.7 Å². The Bertz CT molecular complexity index is 976. The minimum absolute atomic E-state index is 0.230. The molecule has 0 amide bonds. The quantitative estimate of drug-likeness (QED) is 0.378. The van der Waals surface area contributed by atoms with Gasteiger partial charge in [-0.1, -0.05) is 18.2 Å². The van der Waals surface area contributed by atoms with Crippen molar-refractivity contribution >= 4 is 33.8 Å². The van der Waals surface area contributed by atoms with Crippen molar-refractivity contribution in [3.05, 3.63) is 74.8 Å². The van der Waals surface area contributed by atoms with E-state index in [4.69, 9.17) is 0 Å². The summed E-state index contributed by atoms with van der Waals surface area (Å²) in [7, 11) is 0. The summed E-state index contributed by atoms with van der Waals surface area (Å²) in [6.07, 6.45) is 0. The number of benzene rings is 2. The van der Waals surface area contributed by atoms with Crippen LogP contribution in [0, 0.1) is 20.2 Å². The number of nitrogens with one attached hydrogen (secondary N) is 2. The summed E-state index contributed by atoms with van der Waals surface area (Å²) in [6.45, 7) is 0.854. The summed E-state index contributed by atoms with van der Waals surface area (Å²) in [5.41, 5.74) is 0.453. The van der Waals surface area contributed by atoms with E-state index < -0.39 is 9.85 Å². The Labute approximate surface area is 148 Å². The molecule has 0 saturated heterocycles. The molecular formula is C17H15N5O4. The molecular weight excluding hydrogens is 338 g/mol. The predicted octanol–water partition coefficient (Wildman–Crippen LogP) is 3.58. The van der Waals surface area contributed by atoms with Crippen molar-refractivity contribution in [2.24, 2.45) is 0 Å². The van der Waals surface area contributed by atoms with Gasteiger partial charge in [0, 0.05) is 24.5 Å². The summed E-state index contributed by atoms with van der Waals surface area (Å²) in [5.74, 6) is 0.698. The van der Waals surface area contributed by atoms with Gasteiger partial charge in [0.05, 0.1) is 21.4 Å². The van der Waals surface area contributed by atoms with E-state index in [0.717, 1.165) is 17.0 Å². The Hall–Kier alpha value is -3.75. The van der Waals surface area contributed by atoms with Gasteiger partial charge in [-0.25, -0.2) is 4.98 Å². The van der Waals surface area contributed by atoms with Gasteiger partial charge in [0.25, 0.3) is 11.4 Å². The average Bonchev–Trinajstić information content (AvgIpc) is 2.65. The monoisotopic (exact) mass is 353 g/mol. The fourth-order valence-corrected chi connectivity index (χ4v) is 2.49. The van der Waals surface area contributed by atoms with Gasteiger partial charge < -0.3 is 10.6 Å². The van der Waals surface area contributed by atoms with E-state index in [-0.39, 0.29) is 17.1 Å². The maximum atomic E-state index is 11.1. The minimum Gasteiger partial charge on any atom is -0.378 e. The van der Waals surface area contributed by atoms with Crippen molar-refractivity contribution in [3.8, 4) is 0 Å². The van der Waals surface area contributed by atoms with Crippen LogP contribution in [0.5, 0.6) is 0 Å². The van der Waals surface area contributed by atoms with Crippen LogP contribution in [0.3, 0.4) is 0 Å². The molecule has 9 heteroatoms. The summed E-state index contributed by atoms with van der Waals surface area (Å²) < 4.78 is 0. The average molecular weight is 353 g/mol. The second-order valence-electron chi connectivity index (χ2n) is 5.46. The van der Waals surface area contributed by atoms with Gasteiger partial charge >= 0.3 is 0 Å². The molecule has 2 N–H and O–H groups in total. The lowest BCUT2D eigenvalue weighted by molar-refractivity contribution is -0.393. The second-order valence-corrected chi connectivity index (χ2v) is 5.46. The van der Waals surface area contributed by atoms with Crippen molar-refractivity contribution in [2.45, 2.75) is 0 Å². The third-order valence-corrected chi connectivity index (χ3v) is 3.73. The van der Waals surface area contributed by atoms with Crippen molar-refractivity contribution in [3.63, 3.8) is 0 Å². The maximum Gasteiger partial charge on any atom is 0.299 e. The van der Waals surface area contributed by atoms with Crippen molar-refractivity contribution in [1.29, 1.82) is 0 Å². The van der Waals surface area contributed by atoms with E-state index in [1.54, 1.807) is 0 Å². The molecule has 0 aliphatic heterocycles. The third kappa shape index (κ3) is 3.83. The number of nitro groups is 2. The Morgan fingerprint density at radius 3 is 2.42 bits per heavy atom. The van der Waals surface area contributed by atoms with Crippen LogP contribution < -0.4 is 10.6 Å². The van der Waals surface area contributed by atoms with Gasteiger partial charge in [-0.15, -0.1) is 0 Å². The standard InChI is InChI=1S/C17H15N5O4/c23-21(24)13-6-7-15(16(11-13)22(25)26)18-9-10-19-17-8-5-12-3-1-2-4-14(12)20-17/h1-8,11,18H,9-10H2,(H,19,20). The highest BCUT2D eigenvalue weighted by Gasteiger charge is 2.18. The number of pyridine rings is 1. The zero-order valence-electron chi connectivity index (χ0n) is 13.6. The Balaban J connectivity index is 1.62. The number of nitrogens with zero attached hydrogens (tertiary/aromatic N) is 3. The number of nitro benzene ring substituents is 2. The van der Waals surface area contributed by atoms with E-state index in [1.807, 2.05) is 36.4 Å². The van der Waals surface area contributed by atoms with Crippen LogP contribution in [0.25, 0.3) is 10.9 Å². The SMILES string of the molecule is O=[N+]([O-])c1ccc(NCCNc2ccc3ccccc3n2)c([N+](=O)[O-])c1. The van der Waals surface area contributed by atoms with Gasteiger partial charge in [0.2, 0.25) is 0 Å². The summed E-state index contributed by atoms with van der Waals surface area (Å²) in [4.78, 5) is 25.0. The lowest BCUT2D eigenvalue weighted by Crippen LogP contribution is -2.15. The molecule has 132 valence electrons. The van der Waals surface area contributed by atoms with Crippen LogP contribution >= 0.6 is 0 Å².